The fourth-order valence-corrected chi connectivity index (χ4v) is 8.81. The number of rotatable bonds is 4. The van der Waals surface area contributed by atoms with Crippen LogP contribution in [0.2, 0.25) is 0 Å². The molecule has 0 aromatic carbocycles. The van der Waals surface area contributed by atoms with E-state index >= 15 is 4.39 Å². The molecule has 4 aliphatic carbocycles. The monoisotopic (exact) mass is 362 g/mol. The minimum absolute atomic E-state index is 0.267. The minimum atomic E-state index is -0.560. The highest BCUT2D eigenvalue weighted by Gasteiger charge is 2.62. The largest absolute Gasteiger partial charge is 0.303 e. The summed E-state index contributed by atoms with van der Waals surface area (Å²) in [6.45, 7) is 7.36. The van der Waals surface area contributed by atoms with Crippen LogP contribution in [-0.2, 0) is 4.79 Å². The van der Waals surface area contributed by atoms with Crippen molar-refractivity contribution in [2.24, 2.45) is 46.3 Å². The highest BCUT2D eigenvalue weighted by molar-refractivity contribution is 5.49. The number of alkyl halides is 1. The third kappa shape index (κ3) is 2.72. The third-order valence-corrected chi connectivity index (χ3v) is 10.0. The average molecular weight is 363 g/mol. The van der Waals surface area contributed by atoms with E-state index in [4.69, 9.17) is 0 Å². The van der Waals surface area contributed by atoms with Crippen LogP contribution in [0.15, 0.2) is 0 Å². The molecule has 0 spiro atoms. The van der Waals surface area contributed by atoms with Crippen molar-refractivity contribution in [1.29, 1.82) is 0 Å². The highest BCUT2D eigenvalue weighted by Crippen LogP contribution is 2.68. The van der Waals surface area contributed by atoms with Gasteiger partial charge in [0.15, 0.2) is 0 Å². The Bertz CT molecular complexity index is 532. The number of fused-ring (bicyclic) bond motifs is 5. The fraction of sp³-hybridized carbons (Fsp3) is 0.958. The third-order valence-electron chi connectivity index (χ3n) is 10.0. The molecule has 0 aromatic rings. The maximum Gasteiger partial charge on any atom is 0.120 e. The Balaban J connectivity index is 1.57. The zero-order chi connectivity index (χ0) is 18.5. The summed E-state index contributed by atoms with van der Waals surface area (Å²) >= 11 is 0. The van der Waals surface area contributed by atoms with Gasteiger partial charge in [-0.25, -0.2) is 4.39 Å². The Labute approximate surface area is 159 Å². The molecular formula is C24H39FO. The molecule has 0 saturated heterocycles. The van der Waals surface area contributed by atoms with Crippen molar-refractivity contribution >= 4 is 6.29 Å². The lowest BCUT2D eigenvalue weighted by Crippen LogP contribution is -2.56. The second kappa shape index (κ2) is 6.89. The first-order valence-corrected chi connectivity index (χ1v) is 11.5. The smallest absolute Gasteiger partial charge is 0.120 e. The molecule has 0 N–H and O–H groups in total. The van der Waals surface area contributed by atoms with Gasteiger partial charge in [0.05, 0.1) is 0 Å². The van der Waals surface area contributed by atoms with Crippen LogP contribution < -0.4 is 0 Å². The van der Waals surface area contributed by atoms with Crippen LogP contribution in [0.5, 0.6) is 0 Å². The number of carbonyl (C=O) groups is 1. The molecule has 0 aliphatic heterocycles. The quantitative estimate of drug-likeness (QED) is 0.515. The predicted octanol–water partition coefficient (Wildman–Crippen LogP) is 6.60. The van der Waals surface area contributed by atoms with E-state index in [9.17, 15) is 4.79 Å². The fourth-order valence-electron chi connectivity index (χ4n) is 8.81. The Morgan fingerprint density at radius 1 is 1.00 bits per heavy atom. The van der Waals surface area contributed by atoms with E-state index in [1.165, 1.54) is 44.9 Å². The number of hydrogen-bond acceptors (Lipinski definition) is 1. The normalized spacial score (nSPS) is 51.8. The summed E-state index contributed by atoms with van der Waals surface area (Å²) in [5, 5.41) is 0. The van der Waals surface area contributed by atoms with Crippen LogP contribution in [0.1, 0.15) is 91.4 Å². The maximum absolute atomic E-state index is 15.3. The number of hydrogen-bond donors (Lipinski definition) is 0. The lowest BCUT2D eigenvalue weighted by Gasteiger charge is -2.61. The van der Waals surface area contributed by atoms with Crippen molar-refractivity contribution in [3.8, 4) is 0 Å². The van der Waals surface area contributed by atoms with Gasteiger partial charge in [-0.2, -0.15) is 0 Å². The molecule has 148 valence electrons. The number of carbonyl (C=O) groups excluding carboxylic acids is 1. The Hall–Kier alpha value is -0.400. The molecule has 4 aliphatic rings. The second-order valence-corrected chi connectivity index (χ2v) is 10.9. The molecule has 0 heterocycles. The molecule has 0 radical (unpaired) electrons. The Morgan fingerprint density at radius 2 is 1.77 bits per heavy atom. The van der Waals surface area contributed by atoms with Gasteiger partial charge in [0.2, 0.25) is 0 Å². The predicted molar refractivity (Wildman–Crippen MR) is 105 cm³/mol. The van der Waals surface area contributed by atoms with Crippen molar-refractivity contribution in [3.63, 3.8) is 0 Å². The number of aldehydes is 1. The van der Waals surface area contributed by atoms with Crippen LogP contribution in [0.4, 0.5) is 4.39 Å². The molecule has 2 heteroatoms. The van der Waals surface area contributed by atoms with Gasteiger partial charge in [-0.1, -0.05) is 33.6 Å². The van der Waals surface area contributed by atoms with Gasteiger partial charge < -0.3 is 4.79 Å². The minimum Gasteiger partial charge on any atom is -0.303 e. The SMILES string of the molecule is C[C@H](CCC=O)[C@H]1CC[C@H]2[C@@H]3C[C@H](F)C4CCCC[C@]4(C)[C@H]3CC[C@]12C. The van der Waals surface area contributed by atoms with Crippen molar-refractivity contribution in [1.82, 2.24) is 0 Å². The van der Waals surface area contributed by atoms with Gasteiger partial charge in [0.1, 0.15) is 12.5 Å². The molecule has 4 rings (SSSR count). The first kappa shape index (κ1) is 18.9. The summed E-state index contributed by atoms with van der Waals surface area (Å²) in [6.07, 6.45) is 13.4. The summed E-state index contributed by atoms with van der Waals surface area (Å²) < 4.78 is 15.3. The van der Waals surface area contributed by atoms with Gasteiger partial charge in [-0.15, -0.1) is 0 Å². The lowest BCUT2D eigenvalue weighted by atomic mass is 9.44. The molecule has 4 fully saturated rings. The van der Waals surface area contributed by atoms with Crippen molar-refractivity contribution in [2.75, 3.05) is 0 Å². The number of halogens is 1. The molecule has 26 heavy (non-hydrogen) atoms. The van der Waals surface area contributed by atoms with Crippen molar-refractivity contribution in [2.45, 2.75) is 97.6 Å². The van der Waals surface area contributed by atoms with E-state index in [2.05, 4.69) is 20.8 Å². The lowest BCUT2D eigenvalue weighted by molar-refractivity contribution is -0.142. The van der Waals surface area contributed by atoms with Crippen LogP contribution in [0.3, 0.4) is 0 Å². The summed E-state index contributed by atoms with van der Waals surface area (Å²) in [7, 11) is 0. The summed E-state index contributed by atoms with van der Waals surface area (Å²) in [6, 6.07) is 0. The van der Waals surface area contributed by atoms with Crippen LogP contribution in [0.25, 0.3) is 0 Å². The second-order valence-electron chi connectivity index (χ2n) is 10.9. The van der Waals surface area contributed by atoms with Gasteiger partial charge in [0, 0.05) is 6.42 Å². The molecule has 0 aromatic heterocycles. The average Bonchev–Trinajstić information content (AvgIpc) is 2.97. The van der Waals surface area contributed by atoms with Gasteiger partial charge in [-0.3, -0.25) is 0 Å². The molecule has 4 saturated carbocycles. The molecule has 9 atom stereocenters. The van der Waals surface area contributed by atoms with E-state index in [1.54, 1.807) is 0 Å². The molecule has 1 unspecified atom stereocenters. The standard InChI is InChI=1S/C24H39FO/c1-16(7-6-14-26)18-9-10-19-17-15-22(25)21-8-4-5-12-23(21,2)20(17)11-13-24(18,19)3/h14,16-22H,4-13,15H2,1-3H3/t16-,17+,18-,19+,20+,21?,22+,23-,24-/m1/s1. The maximum atomic E-state index is 15.3. The highest BCUT2D eigenvalue weighted by atomic mass is 19.1. The van der Waals surface area contributed by atoms with E-state index in [0.717, 1.165) is 43.3 Å². The summed E-state index contributed by atoms with van der Waals surface area (Å²) in [5.41, 5.74) is 0.657. The van der Waals surface area contributed by atoms with Gasteiger partial charge >= 0.3 is 0 Å². The van der Waals surface area contributed by atoms with E-state index in [0.29, 0.717) is 29.6 Å². The molecule has 0 bridgehead atoms. The zero-order valence-corrected chi connectivity index (χ0v) is 17.2. The zero-order valence-electron chi connectivity index (χ0n) is 17.2. The molecule has 1 nitrogen and oxygen atoms in total. The van der Waals surface area contributed by atoms with Crippen LogP contribution in [0, 0.1) is 46.3 Å². The summed E-state index contributed by atoms with van der Waals surface area (Å²) in [5.74, 6) is 3.82. The molecule has 0 amide bonds. The Morgan fingerprint density at radius 3 is 2.54 bits per heavy atom. The van der Waals surface area contributed by atoms with Gasteiger partial charge in [0.25, 0.3) is 0 Å². The van der Waals surface area contributed by atoms with Gasteiger partial charge in [-0.05, 0) is 97.7 Å². The first-order chi connectivity index (χ1) is 12.4. The Kier molecular flexibility index (Phi) is 5.02. The van der Waals surface area contributed by atoms with Crippen LogP contribution in [-0.4, -0.2) is 12.5 Å². The van der Waals surface area contributed by atoms with E-state index in [1.807, 2.05) is 0 Å². The van der Waals surface area contributed by atoms with E-state index < -0.39 is 6.17 Å². The topological polar surface area (TPSA) is 17.1 Å². The van der Waals surface area contributed by atoms with E-state index in [-0.39, 0.29) is 5.41 Å². The molecular weight excluding hydrogens is 323 g/mol. The first-order valence-electron chi connectivity index (χ1n) is 11.5. The van der Waals surface area contributed by atoms with Crippen molar-refractivity contribution < 1.29 is 9.18 Å². The summed E-state index contributed by atoms with van der Waals surface area (Å²) in [4.78, 5) is 10.8. The van der Waals surface area contributed by atoms with Crippen LogP contribution >= 0.6 is 0 Å². The van der Waals surface area contributed by atoms with Crippen molar-refractivity contribution in [3.05, 3.63) is 0 Å².